The molecule has 10 heteroatoms. The molecule has 2 fully saturated rings. The Morgan fingerprint density at radius 1 is 0.927 bits per heavy atom. The Balaban J connectivity index is 1.24. The number of hydrogen-bond donors (Lipinski definition) is 0. The molecule has 2 aromatic rings. The molecule has 41 heavy (non-hydrogen) atoms. The van der Waals surface area contributed by atoms with Gasteiger partial charge in [-0.15, -0.1) is 0 Å². The van der Waals surface area contributed by atoms with Crippen LogP contribution in [0.5, 0.6) is 0 Å². The van der Waals surface area contributed by atoms with Crippen molar-refractivity contribution in [2.24, 2.45) is 11.8 Å². The molecule has 2 aromatic carbocycles. The summed E-state index contributed by atoms with van der Waals surface area (Å²) < 4.78 is 85.4. The quantitative estimate of drug-likeness (QED) is 0.259. The predicted molar refractivity (Wildman–Crippen MR) is 142 cm³/mol. The van der Waals surface area contributed by atoms with Gasteiger partial charge in [0.05, 0.1) is 24.2 Å². The molecule has 2 atom stereocenters. The van der Waals surface area contributed by atoms with Crippen LogP contribution in [0.15, 0.2) is 36.4 Å². The van der Waals surface area contributed by atoms with Crippen molar-refractivity contribution >= 4 is 5.97 Å². The lowest BCUT2D eigenvalue weighted by Crippen LogP contribution is -2.46. The highest BCUT2D eigenvalue weighted by atomic mass is 19.4. The molecule has 0 aromatic heterocycles. The van der Waals surface area contributed by atoms with Crippen molar-refractivity contribution in [2.75, 3.05) is 26.7 Å². The Bertz CT molecular complexity index is 1250. The molecule has 0 N–H and O–H groups in total. The first kappa shape index (κ1) is 29.9. The highest BCUT2D eigenvalue weighted by Crippen LogP contribution is 2.47. The molecule has 1 aliphatic carbocycles. The van der Waals surface area contributed by atoms with E-state index in [0.29, 0.717) is 37.2 Å². The number of halogens is 6. The Morgan fingerprint density at radius 3 is 2.24 bits per heavy atom. The van der Waals surface area contributed by atoms with E-state index < -0.39 is 23.5 Å². The van der Waals surface area contributed by atoms with Crippen LogP contribution in [0.25, 0.3) is 0 Å². The highest BCUT2D eigenvalue weighted by molar-refractivity contribution is 5.73. The van der Waals surface area contributed by atoms with E-state index in [9.17, 15) is 31.1 Å². The molecule has 2 heterocycles. The summed E-state index contributed by atoms with van der Waals surface area (Å²) in [6.45, 7) is 4.45. The zero-order valence-electron chi connectivity index (χ0n) is 23.3. The minimum absolute atomic E-state index is 0.129. The van der Waals surface area contributed by atoms with Crippen molar-refractivity contribution in [3.63, 3.8) is 0 Å². The summed E-state index contributed by atoms with van der Waals surface area (Å²) in [6, 6.07) is 8.51. The summed E-state index contributed by atoms with van der Waals surface area (Å²) in [5.41, 5.74) is 1.30. The first-order valence-electron chi connectivity index (χ1n) is 14.3. The average molecular weight is 583 g/mol. The second-order valence-corrected chi connectivity index (χ2v) is 11.8. The van der Waals surface area contributed by atoms with E-state index in [4.69, 9.17) is 4.74 Å². The molecule has 0 bridgehead atoms. The van der Waals surface area contributed by atoms with Crippen LogP contribution in [0, 0.1) is 11.8 Å². The normalized spacial score (nSPS) is 20.9. The van der Waals surface area contributed by atoms with Crippen LogP contribution in [0.2, 0.25) is 0 Å². The summed E-state index contributed by atoms with van der Waals surface area (Å²) >= 11 is 0. The maximum Gasteiger partial charge on any atom is 0.416 e. The van der Waals surface area contributed by atoms with E-state index in [-0.39, 0.29) is 36.0 Å². The van der Waals surface area contributed by atoms with E-state index in [1.807, 2.05) is 11.8 Å². The SMILES string of the molecule is COC(=O)[C@H](C)[C@H](c1ccc2c(c1)CN(C1CCN(Cc3cc(C(F)(F)F)ccc3C(F)(F)F)CC1)CC2)C1CC1. The minimum atomic E-state index is -4.72. The van der Waals surface area contributed by atoms with Gasteiger partial charge in [0.15, 0.2) is 0 Å². The van der Waals surface area contributed by atoms with Gasteiger partial charge in [-0.3, -0.25) is 14.6 Å². The third-order valence-electron chi connectivity index (χ3n) is 9.10. The van der Waals surface area contributed by atoms with E-state index in [1.54, 1.807) is 0 Å². The van der Waals surface area contributed by atoms with Crippen molar-refractivity contribution in [3.05, 3.63) is 69.8 Å². The first-order chi connectivity index (χ1) is 19.3. The molecule has 3 aliphatic rings. The number of piperidine rings is 1. The van der Waals surface area contributed by atoms with Gasteiger partial charge in [0, 0.05) is 25.7 Å². The summed E-state index contributed by atoms with van der Waals surface area (Å²) in [4.78, 5) is 16.6. The number of carbonyl (C=O) groups is 1. The van der Waals surface area contributed by atoms with Gasteiger partial charge >= 0.3 is 18.3 Å². The van der Waals surface area contributed by atoms with Gasteiger partial charge in [0.1, 0.15) is 0 Å². The maximum absolute atomic E-state index is 13.6. The topological polar surface area (TPSA) is 32.8 Å². The molecule has 0 spiro atoms. The largest absolute Gasteiger partial charge is 0.469 e. The van der Waals surface area contributed by atoms with Gasteiger partial charge < -0.3 is 4.74 Å². The third kappa shape index (κ3) is 6.74. The molecule has 4 nitrogen and oxygen atoms in total. The first-order valence-corrected chi connectivity index (χ1v) is 14.3. The van der Waals surface area contributed by atoms with E-state index in [1.165, 1.54) is 23.8 Å². The van der Waals surface area contributed by atoms with Crippen LogP contribution >= 0.6 is 0 Å². The molecular formula is C31H36F6N2O2. The Hall–Kier alpha value is -2.59. The van der Waals surface area contributed by atoms with Gasteiger partial charge in [-0.05, 0) is 97.5 Å². The monoisotopic (exact) mass is 582 g/mol. The molecule has 5 rings (SSSR count). The smallest absolute Gasteiger partial charge is 0.416 e. The third-order valence-corrected chi connectivity index (χ3v) is 9.10. The van der Waals surface area contributed by atoms with Crippen LogP contribution in [-0.4, -0.2) is 48.6 Å². The standard InChI is InChI=1S/C31H36F6N2O2/c1-19(29(40)41-2)28(21-4-5-21)22-6-3-20-9-14-39(18-23(20)15-22)26-10-12-38(13-11-26)17-24-16-25(30(32,33)34)7-8-27(24)31(35,36)37/h3,6-8,15-16,19,21,26,28H,4-5,9-14,17-18H2,1-2H3/t19-,28+/m1/s1. The zero-order valence-corrected chi connectivity index (χ0v) is 23.3. The van der Waals surface area contributed by atoms with Crippen LogP contribution < -0.4 is 0 Å². The number of hydrogen-bond acceptors (Lipinski definition) is 4. The number of rotatable bonds is 7. The zero-order chi connectivity index (χ0) is 29.5. The molecule has 0 amide bonds. The van der Waals surface area contributed by atoms with Gasteiger partial charge in [-0.25, -0.2) is 0 Å². The second kappa shape index (κ2) is 11.6. The fraction of sp³-hybridized carbons (Fsp3) is 0.581. The number of fused-ring (bicyclic) bond motifs is 1. The number of carbonyl (C=O) groups excluding carboxylic acids is 1. The lowest BCUT2D eigenvalue weighted by atomic mass is 9.81. The van der Waals surface area contributed by atoms with Crippen molar-refractivity contribution in [2.45, 2.75) is 76.4 Å². The Morgan fingerprint density at radius 2 is 1.63 bits per heavy atom. The van der Waals surface area contributed by atoms with Gasteiger partial charge in [-0.1, -0.05) is 25.1 Å². The molecule has 224 valence electrons. The maximum atomic E-state index is 13.6. The van der Waals surface area contributed by atoms with Gasteiger partial charge in [0.2, 0.25) is 0 Å². The van der Waals surface area contributed by atoms with Crippen molar-refractivity contribution in [1.29, 1.82) is 0 Å². The van der Waals surface area contributed by atoms with E-state index >= 15 is 0 Å². The summed E-state index contributed by atoms with van der Waals surface area (Å²) in [7, 11) is 1.42. The molecule has 1 saturated heterocycles. The average Bonchev–Trinajstić information content (AvgIpc) is 3.77. The highest BCUT2D eigenvalue weighted by Gasteiger charge is 2.40. The molecular weight excluding hydrogens is 546 g/mol. The van der Waals surface area contributed by atoms with Crippen LogP contribution in [0.1, 0.15) is 71.9 Å². The van der Waals surface area contributed by atoms with Gasteiger partial charge in [-0.2, -0.15) is 26.3 Å². The number of likely N-dealkylation sites (tertiary alicyclic amines) is 1. The molecule has 0 radical (unpaired) electrons. The van der Waals surface area contributed by atoms with Crippen molar-refractivity contribution in [1.82, 2.24) is 9.80 Å². The lowest BCUT2D eigenvalue weighted by Gasteiger charge is -2.41. The number of nitrogens with zero attached hydrogens (tertiary/aromatic N) is 2. The van der Waals surface area contributed by atoms with Crippen LogP contribution in [0.4, 0.5) is 26.3 Å². The summed E-state index contributed by atoms with van der Waals surface area (Å²) in [5, 5.41) is 0. The number of benzene rings is 2. The number of methoxy groups -OCH3 is 1. The number of alkyl halides is 6. The van der Waals surface area contributed by atoms with Crippen molar-refractivity contribution in [3.8, 4) is 0 Å². The Kier molecular flexibility index (Phi) is 8.45. The fourth-order valence-electron chi connectivity index (χ4n) is 6.74. The van der Waals surface area contributed by atoms with E-state index in [2.05, 4.69) is 23.1 Å². The van der Waals surface area contributed by atoms with Gasteiger partial charge in [0.25, 0.3) is 0 Å². The lowest BCUT2D eigenvalue weighted by molar-refractivity contribution is -0.146. The fourth-order valence-corrected chi connectivity index (χ4v) is 6.74. The number of ether oxygens (including phenoxy) is 1. The van der Waals surface area contributed by atoms with E-state index in [0.717, 1.165) is 45.2 Å². The molecule has 2 aliphatic heterocycles. The minimum Gasteiger partial charge on any atom is -0.469 e. The van der Waals surface area contributed by atoms with Crippen molar-refractivity contribution < 1.29 is 35.9 Å². The summed E-state index contributed by atoms with van der Waals surface area (Å²) in [5.74, 6) is 0.203. The molecule has 0 unspecified atom stereocenters. The van der Waals surface area contributed by atoms with Crippen LogP contribution in [-0.2, 0) is 41.4 Å². The second-order valence-electron chi connectivity index (χ2n) is 11.8. The number of esters is 1. The van der Waals surface area contributed by atoms with Crippen LogP contribution in [0.3, 0.4) is 0 Å². The summed E-state index contributed by atoms with van der Waals surface area (Å²) in [6.07, 6.45) is -4.83. The molecule has 1 saturated carbocycles. The predicted octanol–water partition coefficient (Wildman–Crippen LogP) is 7.05. The Labute approximate surface area is 236 Å².